The van der Waals surface area contributed by atoms with Crippen LogP contribution in [0.2, 0.25) is 0 Å². The third kappa shape index (κ3) is 3.45. The van der Waals surface area contributed by atoms with Gasteiger partial charge in [-0.25, -0.2) is 0 Å². The van der Waals surface area contributed by atoms with Crippen LogP contribution in [-0.2, 0) is 0 Å². The zero-order valence-corrected chi connectivity index (χ0v) is 13.2. The molecule has 0 radical (unpaired) electrons. The van der Waals surface area contributed by atoms with Crippen LogP contribution in [0.3, 0.4) is 0 Å². The molecule has 3 nitrogen and oxygen atoms in total. The molecule has 3 heteroatoms. The summed E-state index contributed by atoms with van der Waals surface area (Å²) in [7, 11) is 1.76. The molecule has 0 bridgehead atoms. The van der Waals surface area contributed by atoms with Gasteiger partial charge in [-0.3, -0.25) is 0 Å². The summed E-state index contributed by atoms with van der Waals surface area (Å²) in [6.45, 7) is 8.97. The van der Waals surface area contributed by atoms with E-state index in [-0.39, 0.29) is 0 Å². The molecule has 1 fully saturated rings. The first-order valence-corrected chi connectivity index (χ1v) is 7.78. The van der Waals surface area contributed by atoms with Gasteiger partial charge in [-0.1, -0.05) is 32.9 Å². The number of piperazine rings is 1. The van der Waals surface area contributed by atoms with Gasteiger partial charge in [-0.15, -0.1) is 0 Å². The predicted molar refractivity (Wildman–Crippen MR) is 85.7 cm³/mol. The maximum Gasteiger partial charge on any atom is 0.142 e. The van der Waals surface area contributed by atoms with Crippen LogP contribution < -0.4 is 15.0 Å². The van der Waals surface area contributed by atoms with Gasteiger partial charge in [-0.05, 0) is 30.9 Å². The molecule has 0 aromatic heterocycles. The van der Waals surface area contributed by atoms with Crippen molar-refractivity contribution in [1.82, 2.24) is 5.32 Å². The van der Waals surface area contributed by atoms with Crippen molar-refractivity contribution in [3.05, 3.63) is 24.3 Å². The molecular formula is C17H28N2O. The SMILES string of the molecule is CCC1CNC(CC(C)C)CN1c1ccccc1OC. The van der Waals surface area contributed by atoms with Gasteiger partial charge in [0.05, 0.1) is 12.8 Å². The number of hydrogen-bond acceptors (Lipinski definition) is 3. The van der Waals surface area contributed by atoms with Gasteiger partial charge in [0, 0.05) is 25.2 Å². The van der Waals surface area contributed by atoms with Crippen LogP contribution in [0.25, 0.3) is 0 Å². The van der Waals surface area contributed by atoms with Gasteiger partial charge in [-0.2, -0.15) is 0 Å². The summed E-state index contributed by atoms with van der Waals surface area (Å²) >= 11 is 0. The molecule has 0 amide bonds. The molecule has 1 aliphatic rings. The molecule has 1 N–H and O–H groups in total. The standard InChI is InChI=1S/C17H28N2O/c1-5-15-11-18-14(10-13(2)3)12-19(15)16-8-6-7-9-17(16)20-4/h6-9,13-15,18H,5,10-12H2,1-4H3. The van der Waals surface area contributed by atoms with E-state index in [0.29, 0.717) is 12.1 Å². The predicted octanol–water partition coefficient (Wildman–Crippen LogP) is 3.30. The van der Waals surface area contributed by atoms with Crippen LogP contribution >= 0.6 is 0 Å². The number of rotatable bonds is 5. The largest absolute Gasteiger partial charge is 0.495 e. The third-order valence-electron chi connectivity index (χ3n) is 4.12. The first kappa shape index (κ1) is 15.2. The highest BCUT2D eigenvalue weighted by Crippen LogP contribution is 2.31. The van der Waals surface area contributed by atoms with E-state index < -0.39 is 0 Å². The van der Waals surface area contributed by atoms with Crippen molar-refractivity contribution < 1.29 is 4.74 Å². The second-order valence-electron chi connectivity index (χ2n) is 6.12. The van der Waals surface area contributed by atoms with Crippen molar-refractivity contribution in [1.29, 1.82) is 0 Å². The Morgan fingerprint density at radius 2 is 2.10 bits per heavy atom. The number of ether oxygens (including phenoxy) is 1. The first-order valence-electron chi connectivity index (χ1n) is 7.78. The van der Waals surface area contributed by atoms with Crippen molar-refractivity contribution in [3.8, 4) is 5.75 Å². The van der Waals surface area contributed by atoms with Crippen LogP contribution in [0.15, 0.2) is 24.3 Å². The van der Waals surface area contributed by atoms with Gasteiger partial charge >= 0.3 is 0 Å². The number of nitrogens with one attached hydrogen (secondary N) is 1. The van der Waals surface area contributed by atoms with Crippen LogP contribution in [-0.4, -0.2) is 32.3 Å². The number of nitrogens with zero attached hydrogens (tertiary/aromatic N) is 1. The van der Waals surface area contributed by atoms with Crippen LogP contribution in [0.1, 0.15) is 33.6 Å². The average molecular weight is 276 g/mol. The Kier molecular flexibility index (Phi) is 5.30. The van der Waals surface area contributed by atoms with E-state index in [0.717, 1.165) is 31.2 Å². The quantitative estimate of drug-likeness (QED) is 0.893. The zero-order valence-electron chi connectivity index (χ0n) is 13.2. The molecule has 1 aromatic rings. The Bertz CT molecular complexity index is 419. The van der Waals surface area contributed by atoms with Crippen LogP contribution in [0.4, 0.5) is 5.69 Å². The molecule has 0 spiro atoms. The molecule has 1 saturated heterocycles. The molecule has 0 saturated carbocycles. The monoisotopic (exact) mass is 276 g/mol. The van der Waals surface area contributed by atoms with Crippen molar-refractivity contribution in [2.24, 2.45) is 5.92 Å². The fourth-order valence-electron chi connectivity index (χ4n) is 3.12. The lowest BCUT2D eigenvalue weighted by atomic mass is 9.98. The summed E-state index contributed by atoms with van der Waals surface area (Å²) < 4.78 is 5.55. The van der Waals surface area contributed by atoms with Crippen molar-refractivity contribution in [2.45, 2.75) is 45.7 Å². The lowest BCUT2D eigenvalue weighted by Crippen LogP contribution is -2.56. The Morgan fingerprint density at radius 3 is 2.75 bits per heavy atom. The molecule has 2 unspecified atom stereocenters. The van der Waals surface area contributed by atoms with Gasteiger partial charge in [0.25, 0.3) is 0 Å². The molecule has 20 heavy (non-hydrogen) atoms. The van der Waals surface area contributed by atoms with E-state index in [4.69, 9.17) is 4.74 Å². The van der Waals surface area contributed by atoms with Crippen LogP contribution in [0.5, 0.6) is 5.75 Å². The number of anilines is 1. The van der Waals surface area contributed by atoms with Crippen LogP contribution in [0, 0.1) is 5.92 Å². The maximum absolute atomic E-state index is 5.55. The van der Waals surface area contributed by atoms with E-state index in [2.05, 4.69) is 49.2 Å². The second kappa shape index (κ2) is 6.98. The minimum absolute atomic E-state index is 0.551. The first-order chi connectivity index (χ1) is 9.65. The number of hydrogen-bond donors (Lipinski definition) is 1. The summed E-state index contributed by atoms with van der Waals surface area (Å²) in [4.78, 5) is 2.53. The van der Waals surface area contributed by atoms with Crippen molar-refractivity contribution in [3.63, 3.8) is 0 Å². The van der Waals surface area contributed by atoms with Gasteiger partial charge in [0.1, 0.15) is 5.75 Å². The highest BCUT2D eigenvalue weighted by atomic mass is 16.5. The highest BCUT2D eigenvalue weighted by molar-refractivity contribution is 5.59. The maximum atomic E-state index is 5.55. The summed E-state index contributed by atoms with van der Waals surface area (Å²) in [5, 5.41) is 3.71. The molecule has 1 aliphatic heterocycles. The molecule has 2 rings (SSSR count). The molecule has 1 heterocycles. The van der Waals surface area contributed by atoms with E-state index in [9.17, 15) is 0 Å². The van der Waals surface area contributed by atoms with E-state index in [1.165, 1.54) is 12.1 Å². The Morgan fingerprint density at radius 1 is 1.35 bits per heavy atom. The topological polar surface area (TPSA) is 24.5 Å². The normalized spacial score (nSPS) is 23.1. The van der Waals surface area contributed by atoms with E-state index in [1.54, 1.807) is 7.11 Å². The Labute approximate surface area is 123 Å². The zero-order chi connectivity index (χ0) is 14.5. The van der Waals surface area contributed by atoms with Crippen molar-refractivity contribution in [2.75, 3.05) is 25.1 Å². The van der Waals surface area contributed by atoms with Gasteiger partial charge in [0.2, 0.25) is 0 Å². The number of benzene rings is 1. The molecule has 112 valence electrons. The number of methoxy groups -OCH3 is 1. The van der Waals surface area contributed by atoms with Crippen molar-refractivity contribution >= 4 is 5.69 Å². The Balaban J connectivity index is 2.20. The minimum atomic E-state index is 0.551. The van der Waals surface area contributed by atoms with Gasteiger partial charge in [0.15, 0.2) is 0 Å². The summed E-state index contributed by atoms with van der Waals surface area (Å²) in [5.41, 5.74) is 1.23. The van der Waals surface area contributed by atoms with E-state index in [1.807, 2.05) is 6.07 Å². The highest BCUT2D eigenvalue weighted by Gasteiger charge is 2.28. The summed E-state index contributed by atoms with van der Waals surface area (Å²) in [6.07, 6.45) is 2.38. The number of para-hydroxylation sites is 2. The second-order valence-corrected chi connectivity index (χ2v) is 6.12. The molecular weight excluding hydrogens is 248 g/mol. The molecule has 0 aliphatic carbocycles. The van der Waals surface area contributed by atoms with Gasteiger partial charge < -0.3 is 15.0 Å². The molecule has 2 atom stereocenters. The third-order valence-corrected chi connectivity index (χ3v) is 4.12. The fraction of sp³-hybridized carbons (Fsp3) is 0.647. The molecule has 1 aromatic carbocycles. The lowest BCUT2D eigenvalue weighted by molar-refractivity contribution is 0.339. The smallest absolute Gasteiger partial charge is 0.142 e. The summed E-state index contributed by atoms with van der Waals surface area (Å²) in [6, 6.07) is 9.50. The fourth-order valence-corrected chi connectivity index (χ4v) is 3.12. The Hall–Kier alpha value is -1.22. The van der Waals surface area contributed by atoms with E-state index >= 15 is 0 Å². The average Bonchev–Trinajstić information content (AvgIpc) is 2.46. The summed E-state index contributed by atoms with van der Waals surface area (Å²) in [5.74, 6) is 1.71. The lowest BCUT2D eigenvalue weighted by Gasteiger charge is -2.42. The minimum Gasteiger partial charge on any atom is -0.495 e.